The molecule has 0 heterocycles. The Morgan fingerprint density at radius 3 is 2.47 bits per heavy atom. The van der Waals surface area contributed by atoms with Crippen molar-refractivity contribution in [2.45, 2.75) is 6.92 Å². The zero-order chi connectivity index (χ0) is 12.7. The molecule has 17 heavy (non-hydrogen) atoms. The highest BCUT2D eigenvalue weighted by molar-refractivity contribution is 5.97. The Morgan fingerprint density at radius 2 is 1.94 bits per heavy atom. The van der Waals surface area contributed by atoms with Crippen molar-refractivity contribution in [2.75, 3.05) is 13.1 Å². The number of nitrogens with two attached hydrogens (primary N) is 1. The first kappa shape index (κ1) is 13.1. The van der Waals surface area contributed by atoms with Crippen LogP contribution in [-0.2, 0) is 4.79 Å². The fraction of sp³-hybridized carbons (Fsp3) is 0.231. The highest BCUT2D eigenvalue weighted by Gasteiger charge is 2.01. The molecule has 0 bridgehead atoms. The number of benzene rings is 1. The minimum Gasteiger partial charge on any atom is -0.353 e. The average molecular weight is 232 g/mol. The first-order chi connectivity index (χ1) is 8.13. The summed E-state index contributed by atoms with van der Waals surface area (Å²) in [6.45, 7) is 2.00. The molecular formula is C13H16N2O2. The molecule has 3 N–H and O–H groups in total. The number of amides is 1. The third kappa shape index (κ3) is 4.61. The van der Waals surface area contributed by atoms with E-state index in [1.165, 1.54) is 6.92 Å². The fourth-order valence-electron chi connectivity index (χ4n) is 1.30. The number of carbonyl (C=O) groups is 2. The maximum atomic E-state index is 11.3. The number of carbonyl (C=O) groups excluding carboxylic acids is 2. The molecule has 0 aliphatic heterocycles. The normalized spacial score (nSPS) is 10.5. The molecule has 1 aromatic carbocycles. The molecule has 0 unspecified atom stereocenters. The minimum absolute atomic E-state index is 0.0255. The zero-order valence-corrected chi connectivity index (χ0v) is 9.77. The summed E-state index contributed by atoms with van der Waals surface area (Å²) in [5.41, 5.74) is 6.86. The summed E-state index contributed by atoms with van der Waals surface area (Å²) in [6, 6.07) is 7.17. The smallest absolute Gasteiger partial charge is 0.217 e. The maximum Gasteiger partial charge on any atom is 0.217 e. The van der Waals surface area contributed by atoms with Crippen molar-refractivity contribution in [3.63, 3.8) is 0 Å². The quantitative estimate of drug-likeness (QED) is 0.743. The van der Waals surface area contributed by atoms with Crippen LogP contribution >= 0.6 is 0 Å². The SMILES string of the molecule is CC(=O)NCC=Cc1ccc(C(=O)CN)cc1. The molecule has 1 amide bonds. The Balaban J connectivity index is 2.56. The molecule has 0 aromatic heterocycles. The van der Waals surface area contributed by atoms with Crippen molar-refractivity contribution >= 4 is 17.8 Å². The van der Waals surface area contributed by atoms with Gasteiger partial charge in [0, 0.05) is 19.0 Å². The Bertz CT molecular complexity index is 422. The predicted octanol–water partition coefficient (Wildman–Crippen LogP) is 0.977. The summed E-state index contributed by atoms with van der Waals surface area (Å²) in [6.07, 6.45) is 3.73. The third-order valence-corrected chi connectivity index (χ3v) is 2.20. The lowest BCUT2D eigenvalue weighted by molar-refractivity contribution is -0.118. The minimum atomic E-state index is -0.0706. The van der Waals surface area contributed by atoms with Gasteiger partial charge >= 0.3 is 0 Å². The molecule has 0 saturated carbocycles. The van der Waals surface area contributed by atoms with Crippen LogP contribution in [0.4, 0.5) is 0 Å². The second-order valence-corrected chi connectivity index (χ2v) is 3.59. The third-order valence-electron chi connectivity index (χ3n) is 2.20. The van der Waals surface area contributed by atoms with E-state index in [0.717, 1.165) is 5.56 Å². The van der Waals surface area contributed by atoms with Crippen molar-refractivity contribution in [3.8, 4) is 0 Å². The van der Waals surface area contributed by atoms with Crippen molar-refractivity contribution in [1.29, 1.82) is 0 Å². The molecule has 0 atom stereocenters. The lowest BCUT2D eigenvalue weighted by Gasteiger charge is -1.99. The van der Waals surface area contributed by atoms with Crippen LogP contribution < -0.4 is 11.1 Å². The fourth-order valence-corrected chi connectivity index (χ4v) is 1.30. The number of rotatable bonds is 5. The summed E-state index contributed by atoms with van der Waals surface area (Å²) in [5.74, 6) is -0.127. The zero-order valence-electron chi connectivity index (χ0n) is 9.77. The highest BCUT2D eigenvalue weighted by Crippen LogP contribution is 2.06. The summed E-state index contributed by atoms with van der Waals surface area (Å²) >= 11 is 0. The first-order valence-electron chi connectivity index (χ1n) is 5.38. The van der Waals surface area contributed by atoms with Gasteiger partial charge in [-0.1, -0.05) is 36.4 Å². The van der Waals surface area contributed by atoms with Crippen LogP contribution in [0.15, 0.2) is 30.3 Å². The van der Waals surface area contributed by atoms with Crippen molar-refractivity contribution in [2.24, 2.45) is 5.73 Å². The van der Waals surface area contributed by atoms with Gasteiger partial charge in [0.1, 0.15) is 0 Å². The molecule has 0 spiro atoms. The number of Topliss-reactive ketones (excluding diaryl/α,β-unsaturated/α-hetero) is 1. The van der Waals surface area contributed by atoms with Gasteiger partial charge in [-0.2, -0.15) is 0 Å². The molecule has 90 valence electrons. The standard InChI is InChI=1S/C13H16N2O2/c1-10(16)15-8-2-3-11-4-6-12(7-5-11)13(17)9-14/h2-7H,8-9,14H2,1H3,(H,15,16). The van der Waals surface area contributed by atoms with Crippen LogP contribution in [0.25, 0.3) is 6.08 Å². The van der Waals surface area contributed by atoms with Crippen LogP contribution in [0.3, 0.4) is 0 Å². The van der Waals surface area contributed by atoms with Gasteiger partial charge in [-0.3, -0.25) is 9.59 Å². The van der Waals surface area contributed by atoms with E-state index < -0.39 is 0 Å². The molecule has 1 rings (SSSR count). The van der Waals surface area contributed by atoms with Crippen molar-refractivity contribution in [3.05, 3.63) is 41.5 Å². The lowest BCUT2D eigenvalue weighted by atomic mass is 10.1. The number of hydrogen-bond donors (Lipinski definition) is 2. The van der Waals surface area contributed by atoms with Crippen LogP contribution in [0.1, 0.15) is 22.8 Å². The Hall–Kier alpha value is -1.94. The van der Waals surface area contributed by atoms with Crippen molar-refractivity contribution < 1.29 is 9.59 Å². The molecule has 4 nitrogen and oxygen atoms in total. The second-order valence-electron chi connectivity index (χ2n) is 3.59. The van der Waals surface area contributed by atoms with Crippen LogP contribution in [0.5, 0.6) is 0 Å². The Morgan fingerprint density at radius 1 is 1.29 bits per heavy atom. The van der Waals surface area contributed by atoms with Crippen LogP contribution in [0, 0.1) is 0 Å². The van der Waals surface area contributed by atoms with Gasteiger partial charge in [-0.05, 0) is 5.56 Å². The average Bonchev–Trinajstić information content (AvgIpc) is 2.34. The summed E-state index contributed by atoms with van der Waals surface area (Å²) in [5, 5.41) is 2.66. The topological polar surface area (TPSA) is 72.2 Å². The van der Waals surface area contributed by atoms with Gasteiger partial charge in [0.15, 0.2) is 5.78 Å². The largest absolute Gasteiger partial charge is 0.353 e. The number of ketones is 1. The van der Waals surface area contributed by atoms with E-state index in [2.05, 4.69) is 5.32 Å². The molecule has 0 fully saturated rings. The summed E-state index contributed by atoms with van der Waals surface area (Å²) < 4.78 is 0. The van der Waals surface area contributed by atoms with Gasteiger partial charge in [-0.15, -0.1) is 0 Å². The van der Waals surface area contributed by atoms with E-state index in [-0.39, 0.29) is 18.2 Å². The van der Waals surface area contributed by atoms with Crippen LogP contribution in [-0.4, -0.2) is 24.8 Å². The van der Waals surface area contributed by atoms with Gasteiger partial charge in [-0.25, -0.2) is 0 Å². The van der Waals surface area contributed by atoms with E-state index in [1.54, 1.807) is 12.1 Å². The van der Waals surface area contributed by atoms with Gasteiger partial charge in [0.25, 0.3) is 0 Å². The molecule has 0 saturated heterocycles. The Kier molecular flexibility index (Phi) is 5.10. The van der Waals surface area contributed by atoms with Gasteiger partial charge in [0.2, 0.25) is 5.91 Å². The van der Waals surface area contributed by atoms with Gasteiger partial charge < -0.3 is 11.1 Å². The number of nitrogens with one attached hydrogen (secondary N) is 1. The van der Waals surface area contributed by atoms with E-state index in [0.29, 0.717) is 12.1 Å². The van der Waals surface area contributed by atoms with Gasteiger partial charge in [0.05, 0.1) is 6.54 Å². The lowest BCUT2D eigenvalue weighted by Crippen LogP contribution is -2.19. The summed E-state index contributed by atoms with van der Waals surface area (Å²) in [4.78, 5) is 21.9. The second kappa shape index (κ2) is 6.60. The molecule has 4 heteroatoms. The molecule has 0 radical (unpaired) electrons. The van der Waals surface area contributed by atoms with E-state index in [9.17, 15) is 9.59 Å². The van der Waals surface area contributed by atoms with E-state index in [4.69, 9.17) is 5.73 Å². The molecule has 0 aliphatic rings. The maximum absolute atomic E-state index is 11.3. The monoisotopic (exact) mass is 232 g/mol. The number of hydrogen-bond acceptors (Lipinski definition) is 3. The molecule has 1 aromatic rings. The van der Waals surface area contributed by atoms with Crippen molar-refractivity contribution in [1.82, 2.24) is 5.32 Å². The highest BCUT2D eigenvalue weighted by atomic mass is 16.1. The predicted molar refractivity (Wildman–Crippen MR) is 67.5 cm³/mol. The van der Waals surface area contributed by atoms with Crippen LogP contribution in [0.2, 0.25) is 0 Å². The Labute approximate surface area is 101 Å². The summed E-state index contributed by atoms with van der Waals surface area (Å²) in [7, 11) is 0. The van der Waals surface area contributed by atoms with E-state index >= 15 is 0 Å². The van der Waals surface area contributed by atoms with E-state index in [1.807, 2.05) is 24.3 Å². The first-order valence-corrected chi connectivity index (χ1v) is 5.38. The molecule has 0 aliphatic carbocycles. The molecular weight excluding hydrogens is 216 g/mol.